The van der Waals surface area contributed by atoms with E-state index in [1.165, 1.54) is 0 Å². The zero-order chi connectivity index (χ0) is 26.9. The molecule has 1 aliphatic heterocycles. The Morgan fingerprint density at radius 2 is 1.92 bits per heavy atom. The topological polar surface area (TPSA) is 119 Å². The van der Waals surface area contributed by atoms with E-state index < -0.39 is 6.61 Å². The summed E-state index contributed by atoms with van der Waals surface area (Å²) in [5.41, 5.74) is 2.47. The lowest BCUT2D eigenvalue weighted by Gasteiger charge is -2.32. The molecular formula is C27H35N5O5. The van der Waals surface area contributed by atoms with Gasteiger partial charge in [0.2, 0.25) is 5.91 Å². The van der Waals surface area contributed by atoms with Crippen LogP contribution in [0.2, 0.25) is 0 Å². The van der Waals surface area contributed by atoms with Gasteiger partial charge in [-0.15, -0.1) is 0 Å². The molecule has 2 amide bonds. The Morgan fingerprint density at radius 3 is 2.54 bits per heavy atom. The molecule has 3 heterocycles. The molecule has 0 bridgehead atoms. The Kier molecular flexibility index (Phi) is 7.68. The third kappa shape index (κ3) is 5.39. The van der Waals surface area contributed by atoms with Gasteiger partial charge in [-0.3, -0.25) is 19.0 Å². The number of aliphatic hydroxyl groups excluding tert-OH is 1. The SMILES string of the molecule is Cc1cccc(Cn2c(C)nc3c(c(OC(C)C)c(C(=O)NC4CCN(C(=O)CO)CC4)n3C)c2=O)c1. The normalized spacial score (nSPS) is 14.4. The van der Waals surface area contributed by atoms with Crippen LogP contribution in [-0.4, -0.2) is 67.8 Å². The number of aliphatic hydroxyl groups is 1. The lowest BCUT2D eigenvalue weighted by molar-refractivity contribution is -0.135. The minimum absolute atomic E-state index is 0.146. The van der Waals surface area contributed by atoms with Crippen LogP contribution in [0.25, 0.3) is 11.0 Å². The second-order valence-corrected chi connectivity index (χ2v) is 9.93. The van der Waals surface area contributed by atoms with E-state index in [-0.39, 0.29) is 46.3 Å². The highest BCUT2D eigenvalue weighted by atomic mass is 16.5. The second-order valence-electron chi connectivity index (χ2n) is 9.93. The monoisotopic (exact) mass is 509 g/mol. The predicted octanol–water partition coefficient (Wildman–Crippen LogP) is 1.90. The fourth-order valence-electron chi connectivity index (χ4n) is 4.88. The lowest BCUT2D eigenvalue weighted by Crippen LogP contribution is -2.47. The lowest BCUT2D eigenvalue weighted by atomic mass is 10.0. The van der Waals surface area contributed by atoms with Crippen molar-refractivity contribution < 1.29 is 19.4 Å². The molecule has 0 spiro atoms. The molecule has 2 N–H and O–H groups in total. The summed E-state index contributed by atoms with van der Waals surface area (Å²) in [6.07, 6.45) is 0.876. The molecule has 0 aliphatic carbocycles. The molecule has 2 aromatic heterocycles. The summed E-state index contributed by atoms with van der Waals surface area (Å²) in [5, 5.41) is 12.4. The van der Waals surface area contributed by atoms with Crippen LogP contribution < -0.4 is 15.6 Å². The maximum absolute atomic E-state index is 13.8. The molecule has 1 fully saturated rings. The van der Waals surface area contributed by atoms with Gasteiger partial charge in [0, 0.05) is 26.2 Å². The van der Waals surface area contributed by atoms with Gasteiger partial charge < -0.3 is 24.6 Å². The molecule has 0 radical (unpaired) electrons. The minimum Gasteiger partial charge on any atom is -0.488 e. The van der Waals surface area contributed by atoms with E-state index in [4.69, 9.17) is 14.8 Å². The summed E-state index contributed by atoms with van der Waals surface area (Å²) in [4.78, 5) is 45.4. The van der Waals surface area contributed by atoms with Gasteiger partial charge >= 0.3 is 0 Å². The summed E-state index contributed by atoms with van der Waals surface area (Å²) in [7, 11) is 1.71. The highest BCUT2D eigenvalue weighted by Crippen LogP contribution is 2.31. The van der Waals surface area contributed by atoms with Gasteiger partial charge in [0.15, 0.2) is 17.1 Å². The predicted molar refractivity (Wildman–Crippen MR) is 140 cm³/mol. The van der Waals surface area contributed by atoms with Gasteiger partial charge in [0.25, 0.3) is 11.5 Å². The van der Waals surface area contributed by atoms with E-state index in [0.717, 1.165) is 11.1 Å². The molecule has 1 aromatic carbocycles. The smallest absolute Gasteiger partial charge is 0.272 e. The number of nitrogens with one attached hydrogen (secondary N) is 1. The van der Waals surface area contributed by atoms with Crippen LogP contribution in [0, 0.1) is 13.8 Å². The Labute approximate surface area is 215 Å². The number of aryl methyl sites for hydroxylation is 3. The molecule has 198 valence electrons. The van der Waals surface area contributed by atoms with Crippen molar-refractivity contribution in [3.8, 4) is 5.75 Å². The van der Waals surface area contributed by atoms with Gasteiger partial charge in [0.1, 0.15) is 17.8 Å². The number of nitrogens with zero attached hydrogens (tertiary/aromatic N) is 4. The van der Waals surface area contributed by atoms with Crippen molar-refractivity contribution in [1.82, 2.24) is 24.3 Å². The van der Waals surface area contributed by atoms with Crippen molar-refractivity contribution in [1.29, 1.82) is 0 Å². The number of carbonyl (C=O) groups is 2. The molecule has 10 nitrogen and oxygen atoms in total. The number of rotatable bonds is 7. The van der Waals surface area contributed by atoms with E-state index >= 15 is 0 Å². The number of amides is 2. The van der Waals surface area contributed by atoms with Crippen LogP contribution in [0.15, 0.2) is 29.1 Å². The number of aromatic nitrogens is 3. The fourth-order valence-corrected chi connectivity index (χ4v) is 4.88. The number of fused-ring (bicyclic) bond motifs is 1. The van der Waals surface area contributed by atoms with E-state index in [9.17, 15) is 14.4 Å². The third-order valence-electron chi connectivity index (χ3n) is 6.75. The van der Waals surface area contributed by atoms with Gasteiger partial charge in [0.05, 0.1) is 12.6 Å². The van der Waals surface area contributed by atoms with Gasteiger partial charge in [-0.2, -0.15) is 0 Å². The van der Waals surface area contributed by atoms with Crippen LogP contribution in [0.5, 0.6) is 5.75 Å². The summed E-state index contributed by atoms with van der Waals surface area (Å²) in [6.45, 7) is 8.25. The number of carbonyl (C=O) groups excluding carboxylic acids is 2. The Morgan fingerprint density at radius 1 is 1.22 bits per heavy atom. The Balaban J connectivity index is 1.71. The maximum Gasteiger partial charge on any atom is 0.272 e. The largest absolute Gasteiger partial charge is 0.488 e. The van der Waals surface area contributed by atoms with Crippen molar-refractivity contribution in [3.63, 3.8) is 0 Å². The summed E-state index contributed by atoms with van der Waals surface area (Å²) in [6, 6.07) is 7.82. The van der Waals surface area contributed by atoms with Crippen LogP contribution in [0.4, 0.5) is 0 Å². The van der Waals surface area contributed by atoms with Crippen molar-refractivity contribution in [2.24, 2.45) is 7.05 Å². The highest BCUT2D eigenvalue weighted by molar-refractivity contribution is 6.03. The van der Waals surface area contributed by atoms with Crippen LogP contribution >= 0.6 is 0 Å². The number of ether oxygens (including phenoxy) is 1. The Bertz CT molecular complexity index is 1380. The molecule has 0 saturated carbocycles. The second kappa shape index (κ2) is 10.8. The molecule has 0 atom stereocenters. The first-order valence-corrected chi connectivity index (χ1v) is 12.6. The van der Waals surface area contributed by atoms with E-state index in [2.05, 4.69) is 5.32 Å². The zero-order valence-electron chi connectivity index (χ0n) is 22.1. The molecule has 4 rings (SSSR count). The first-order chi connectivity index (χ1) is 17.6. The number of likely N-dealkylation sites (tertiary alicyclic amines) is 1. The van der Waals surface area contributed by atoms with E-state index in [1.807, 2.05) is 45.0 Å². The summed E-state index contributed by atoms with van der Waals surface area (Å²) >= 11 is 0. The quantitative estimate of drug-likeness (QED) is 0.502. The maximum atomic E-state index is 13.8. The standard InChI is InChI=1S/C27H35N5O5/c1-16(2)37-24-22-25(28-18(4)32(27(22)36)14-19-8-6-7-17(3)13-19)30(5)23(24)26(35)29-20-9-11-31(12-10-20)21(34)15-33/h6-8,13,16,20,33H,9-12,14-15H2,1-5H3,(H,29,35). The summed E-state index contributed by atoms with van der Waals surface area (Å²) in [5.74, 6) is 0.108. The van der Waals surface area contributed by atoms with Gasteiger partial charge in [-0.1, -0.05) is 29.8 Å². The van der Waals surface area contributed by atoms with Gasteiger partial charge in [-0.05, 0) is 46.1 Å². The van der Waals surface area contributed by atoms with Crippen molar-refractivity contribution in [2.45, 2.75) is 59.2 Å². The molecule has 0 unspecified atom stereocenters. The van der Waals surface area contributed by atoms with E-state index in [1.54, 1.807) is 28.0 Å². The first-order valence-electron chi connectivity index (χ1n) is 12.6. The molecule has 10 heteroatoms. The number of hydrogen-bond acceptors (Lipinski definition) is 6. The van der Waals surface area contributed by atoms with Crippen molar-refractivity contribution >= 4 is 22.8 Å². The van der Waals surface area contributed by atoms with Crippen molar-refractivity contribution in [3.05, 3.63) is 57.3 Å². The molecule has 37 heavy (non-hydrogen) atoms. The third-order valence-corrected chi connectivity index (χ3v) is 6.75. The van der Waals surface area contributed by atoms with Gasteiger partial charge in [-0.25, -0.2) is 4.98 Å². The van der Waals surface area contributed by atoms with Crippen molar-refractivity contribution in [2.75, 3.05) is 19.7 Å². The summed E-state index contributed by atoms with van der Waals surface area (Å²) < 4.78 is 9.32. The fraction of sp³-hybridized carbons (Fsp3) is 0.481. The molecule has 1 saturated heterocycles. The van der Waals surface area contributed by atoms with Crippen LogP contribution in [0.1, 0.15) is 54.1 Å². The Hall–Kier alpha value is -3.66. The zero-order valence-corrected chi connectivity index (χ0v) is 22.1. The number of hydrogen-bond donors (Lipinski definition) is 2. The van der Waals surface area contributed by atoms with E-state index in [0.29, 0.717) is 43.9 Å². The molecular weight excluding hydrogens is 474 g/mol. The van der Waals surface area contributed by atoms with Crippen LogP contribution in [0.3, 0.4) is 0 Å². The average Bonchev–Trinajstić information content (AvgIpc) is 3.12. The minimum atomic E-state index is -0.517. The average molecular weight is 510 g/mol. The van der Waals surface area contributed by atoms with Crippen LogP contribution in [-0.2, 0) is 18.4 Å². The molecule has 1 aliphatic rings. The highest BCUT2D eigenvalue weighted by Gasteiger charge is 2.30. The first kappa shape index (κ1) is 26.4. The number of benzene rings is 1. The molecule has 3 aromatic rings. The number of piperidine rings is 1.